The maximum atomic E-state index is 13.7. The van der Waals surface area contributed by atoms with Crippen molar-refractivity contribution in [1.29, 1.82) is 0 Å². The fourth-order valence-electron chi connectivity index (χ4n) is 2.01. The number of rotatable bonds is 4. The van der Waals surface area contributed by atoms with Crippen molar-refractivity contribution in [2.45, 2.75) is 13.0 Å². The molecule has 0 saturated heterocycles. The minimum atomic E-state index is -0.615. The minimum Gasteiger partial charge on any atom is -0.378 e. The number of benzene rings is 2. The molecule has 104 valence electrons. The summed E-state index contributed by atoms with van der Waals surface area (Å²) < 4.78 is 27.3. The predicted octanol–water partition coefficient (Wildman–Crippen LogP) is 3.24. The zero-order valence-electron chi connectivity index (χ0n) is 10.9. The second kappa shape index (κ2) is 5.69. The van der Waals surface area contributed by atoms with E-state index in [1.807, 2.05) is 0 Å². The van der Waals surface area contributed by atoms with Gasteiger partial charge in [0.05, 0.1) is 6.04 Å². The van der Waals surface area contributed by atoms with Gasteiger partial charge in [0.2, 0.25) is 5.91 Å². The Morgan fingerprint density at radius 3 is 2.35 bits per heavy atom. The topological polar surface area (TPSA) is 55.1 Å². The van der Waals surface area contributed by atoms with Crippen LogP contribution in [0.5, 0.6) is 0 Å². The number of hydrogen-bond acceptors (Lipinski definition) is 2. The molecule has 0 aliphatic rings. The molecule has 3 nitrogen and oxygen atoms in total. The quantitative estimate of drug-likeness (QED) is 0.900. The van der Waals surface area contributed by atoms with Gasteiger partial charge < -0.3 is 11.1 Å². The van der Waals surface area contributed by atoms with Crippen molar-refractivity contribution in [2.75, 3.05) is 5.32 Å². The number of nitrogens with two attached hydrogens (primary N) is 1. The Morgan fingerprint density at radius 1 is 1.15 bits per heavy atom. The molecule has 3 N–H and O–H groups in total. The Morgan fingerprint density at radius 2 is 1.75 bits per heavy atom. The molecule has 1 amide bonds. The minimum absolute atomic E-state index is 0.0445. The van der Waals surface area contributed by atoms with Gasteiger partial charge in [0.15, 0.2) is 0 Å². The van der Waals surface area contributed by atoms with Crippen LogP contribution in [0.4, 0.5) is 14.5 Å². The van der Waals surface area contributed by atoms with Crippen molar-refractivity contribution in [3.05, 3.63) is 65.2 Å². The van der Waals surface area contributed by atoms with Crippen molar-refractivity contribution in [3.63, 3.8) is 0 Å². The second-order valence-corrected chi connectivity index (χ2v) is 4.45. The Balaban J connectivity index is 2.26. The third kappa shape index (κ3) is 2.93. The molecule has 2 rings (SSSR count). The third-order valence-corrected chi connectivity index (χ3v) is 2.96. The maximum Gasteiger partial charge on any atom is 0.248 e. The molecule has 0 unspecified atom stereocenters. The number of carbonyl (C=O) groups excluding carboxylic acids is 1. The molecule has 0 aliphatic carbocycles. The van der Waals surface area contributed by atoms with Crippen LogP contribution in [0.3, 0.4) is 0 Å². The number of anilines is 1. The highest BCUT2D eigenvalue weighted by atomic mass is 19.1. The van der Waals surface area contributed by atoms with E-state index in [-0.39, 0.29) is 5.56 Å². The van der Waals surface area contributed by atoms with Gasteiger partial charge in [0.25, 0.3) is 0 Å². The fourth-order valence-corrected chi connectivity index (χ4v) is 2.01. The van der Waals surface area contributed by atoms with Crippen LogP contribution in [0.25, 0.3) is 0 Å². The largest absolute Gasteiger partial charge is 0.378 e. The lowest BCUT2D eigenvalue weighted by molar-refractivity contribution is 0.100. The van der Waals surface area contributed by atoms with E-state index in [2.05, 4.69) is 5.32 Å². The lowest BCUT2D eigenvalue weighted by Gasteiger charge is -2.17. The fraction of sp³-hybridized carbons (Fsp3) is 0.133. The number of primary amides is 1. The monoisotopic (exact) mass is 276 g/mol. The highest BCUT2D eigenvalue weighted by Crippen LogP contribution is 2.24. The van der Waals surface area contributed by atoms with E-state index < -0.39 is 23.6 Å². The Bertz CT molecular complexity index is 623. The summed E-state index contributed by atoms with van der Waals surface area (Å²) in [6.07, 6.45) is 0. The van der Waals surface area contributed by atoms with Crippen molar-refractivity contribution in [2.24, 2.45) is 5.73 Å². The first kappa shape index (κ1) is 14.0. The predicted molar refractivity (Wildman–Crippen MR) is 73.4 cm³/mol. The zero-order chi connectivity index (χ0) is 14.7. The third-order valence-electron chi connectivity index (χ3n) is 2.96. The summed E-state index contributed by atoms with van der Waals surface area (Å²) in [5.74, 6) is -1.79. The second-order valence-electron chi connectivity index (χ2n) is 4.45. The van der Waals surface area contributed by atoms with Crippen molar-refractivity contribution >= 4 is 11.6 Å². The standard InChI is InChI=1S/C15H14F2N2O/c1-9(14-12(16)6-3-7-13(14)17)19-11-5-2-4-10(8-11)15(18)20/h2-9,19H,1H3,(H2,18,20)/t9-/m1/s1. The van der Waals surface area contributed by atoms with Crippen molar-refractivity contribution in [3.8, 4) is 0 Å². The molecule has 2 aromatic rings. The number of nitrogens with one attached hydrogen (secondary N) is 1. The summed E-state index contributed by atoms with van der Waals surface area (Å²) in [5, 5.41) is 2.95. The molecule has 0 fully saturated rings. The van der Waals surface area contributed by atoms with Crippen LogP contribution in [0, 0.1) is 11.6 Å². The number of hydrogen-bond donors (Lipinski definition) is 2. The van der Waals surface area contributed by atoms with Crippen LogP contribution >= 0.6 is 0 Å². The number of carbonyl (C=O) groups is 1. The smallest absolute Gasteiger partial charge is 0.248 e. The molecule has 1 atom stereocenters. The van der Waals surface area contributed by atoms with E-state index in [4.69, 9.17) is 5.73 Å². The van der Waals surface area contributed by atoms with Gasteiger partial charge in [-0.2, -0.15) is 0 Å². The van der Waals surface area contributed by atoms with Gasteiger partial charge in [-0.05, 0) is 37.3 Å². The van der Waals surface area contributed by atoms with Gasteiger partial charge in [-0.25, -0.2) is 8.78 Å². The Labute approximate surface area is 115 Å². The van der Waals surface area contributed by atoms with Crippen LogP contribution in [0.1, 0.15) is 28.9 Å². The van der Waals surface area contributed by atoms with Crippen molar-refractivity contribution in [1.82, 2.24) is 0 Å². The number of halogens is 2. The molecule has 0 aliphatic heterocycles. The summed E-state index contributed by atoms with van der Waals surface area (Å²) in [6.45, 7) is 1.64. The molecule has 0 aromatic heterocycles. The van der Waals surface area contributed by atoms with Crippen LogP contribution in [0.2, 0.25) is 0 Å². The zero-order valence-corrected chi connectivity index (χ0v) is 10.9. The van der Waals surface area contributed by atoms with Gasteiger partial charge in [-0.1, -0.05) is 12.1 Å². The Kier molecular flexibility index (Phi) is 3.98. The first-order valence-corrected chi connectivity index (χ1v) is 6.09. The molecule has 0 heterocycles. The summed E-state index contributed by atoms with van der Waals surface area (Å²) >= 11 is 0. The summed E-state index contributed by atoms with van der Waals surface area (Å²) in [6, 6.07) is 9.59. The van der Waals surface area contributed by atoms with Gasteiger partial charge in [-0.15, -0.1) is 0 Å². The highest BCUT2D eigenvalue weighted by molar-refractivity contribution is 5.93. The average Bonchev–Trinajstić information content (AvgIpc) is 2.38. The van der Waals surface area contributed by atoms with Crippen molar-refractivity contribution < 1.29 is 13.6 Å². The molecule has 2 aromatic carbocycles. The Hall–Kier alpha value is -2.43. The van der Waals surface area contributed by atoms with E-state index in [0.29, 0.717) is 11.3 Å². The lowest BCUT2D eigenvalue weighted by atomic mass is 10.1. The SMILES string of the molecule is C[C@@H](Nc1cccc(C(N)=O)c1)c1c(F)cccc1F. The van der Waals surface area contributed by atoms with E-state index in [1.54, 1.807) is 25.1 Å². The van der Waals surface area contributed by atoms with Gasteiger partial charge >= 0.3 is 0 Å². The molecule has 0 radical (unpaired) electrons. The summed E-state index contributed by atoms with van der Waals surface area (Å²) in [7, 11) is 0. The lowest BCUT2D eigenvalue weighted by Crippen LogP contribution is -2.13. The van der Waals surface area contributed by atoms with E-state index in [1.165, 1.54) is 24.3 Å². The highest BCUT2D eigenvalue weighted by Gasteiger charge is 2.16. The van der Waals surface area contributed by atoms with Crippen LogP contribution in [0.15, 0.2) is 42.5 Å². The molecular formula is C15H14F2N2O. The molecule has 0 bridgehead atoms. The molecule has 5 heteroatoms. The molecule has 20 heavy (non-hydrogen) atoms. The first-order valence-electron chi connectivity index (χ1n) is 6.09. The van der Waals surface area contributed by atoms with Gasteiger partial charge in [0, 0.05) is 16.8 Å². The van der Waals surface area contributed by atoms with Gasteiger partial charge in [-0.3, -0.25) is 4.79 Å². The average molecular weight is 276 g/mol. The summed E-state index contributed by atoms with van der Waals surface area (Å²) in [5.41, 5.74) is 6.04. The van der Waals surface area contributed by atoms with Gasteiger partial charge in [0.1, 0.15) is 11.6 Å². The van der Waals surface area contributed by atoms with Crippen LogP contribution in [-0.4, -0.2) is 5.91 Å². The normalized spacial score (nSPS) is 11.9. The molecule has 0 saturated carbocycles. The molecule has 0 spiro atoms. The van der Waals surface area contributed by atoms with E-state index >= 15 is 0 Å². The van der Waals surface area contributed by atoms with E-state index in [9.17, 15) is 13.6 Å². The molecular weight excluding hydrogens is 262 g/mol. The number of amides is 1. The van der Waals surface area contributed by atoms with Crippen LogP contribution in [-0.2, 0) is 0 Å². The summed E-state index contributed by atoms with van der Waals surface area (Å²) in [4.78, 5) is 11.1. The van der Waals surface area contributed by atoms with E-state index in [0.717, 1.165) is 0 Å². The first-order chi connectivity index (χ1) is 9.49. The maximum absolute atomic E-state index is 13.7. The van der Waals surface area contributed by atoms with Crippen LogP contribution < -0.4 is 11.1 Å².